The molecule has 0 aromatic rings. The highest BCUT2D eigenvalue weighted by atomic mass is 16.2. The van der Waals surface area contributed by atoms with Crippen LogP contribution in [-0.4, -0.2) is 34.8 Å². The third-order valence-electron chi connectivity index (χ3n) is 6.22. The predicted octanol–water partition coefficient (Wildman–Crippen LogP) is 0.910. The number of nitrogens with zero attached hydrogens (tertiary/aromatic N) is 1. The van der Waals surface area contributed by atoms with Crippen molar-refractivity contribution in [2.24, 2.45) is 23.7 Å². The molecule has 4 heteroatoms. The average Bonchev–Trinajstić information content (AvgIpc) is 3.24. The van der Waals surface area contributed by atoms with E-state index < -0.39 is 0 Å². The standard InChI is InChI=1S/C15H20N2O2/c18-11-6-10(15(19)17(11)9-3-4-9)16-14-12-7-1-2-8(5-7)13(12)14/h7-10,12-14,16H,1-6H2. The van der Waals surface area contributed by atoms with Crippen LogP contribution in [0.25, 0.3) is 0 Å². The summed E-state index contributed by atoms with van der Waals surface area (Å²) in [6.07, 6.45) is 6.66. The molecule has 2 amide bonds. The first-order chi connectivity index (χ1) is 9.24. The molecule has 4 saturated carbocycles. The maximum Gasteiger partial charge on any atom is 0.247 e. The number of carbonyl (C=O) groups excluding carboxylic acids is 2. The number of amides is 2. The topological polar surface area (TPSA) is 49.4 Å². The number of carbonyl (C=O) groups is 2. The van der Waals surface area contributed by atoms with E-state index in [0.717, 1.165) is 36.5 Å². The first-order valence-corrected chi connectivity index (χ1v) is 7.86. The Morgan fingerprint density at radius 2 is 1.68 bits per heavy atom. The number of hydrogen-bond donors (Lipinski definition) is 1. The lowest BCUT2D eigenvalue weighted by Gasteiger charge is -2.16. The van der Waals surface area contributed by atoms with Crippen molar-refractivity contribution in [2.45, 2.75) is 56.7 Å². The minimum atomic E-state index is -0.205. The molecule has 0 spiro atoms. The van der Waals surface area contributed by atoms with Crippen LogP contribution in [0.3, 0.4) is 0 Å². The lowest BCUT2D eigenvalue weighted by molar-refractivity contribution is -0.139. The van der Waals surface area contributed by atoms with Gasteiger partial charge in [-0.3, -0.25) is 14.5 Å². The van der Waals surface area contributed by atoms with E-state index in [0.29, 0.717) is 12.5 Å². The molecule has 102 valence electrons. The van der Waals surface area contributed by atoms with Gasteiger partial charge in [-0.05, 0) is 55.8 Å². The Kier molecular flexibility index (Phi) is 1.94. The van der Waals surface area contributed by atoms with Gasteiger partial charge in [-0.2, -0.15) is 0 Å². The second kappa shape index (κ2) is 3.40. The molecule has 5 atom stereocenters. The minimum absolute atomic E-state index is 0.0544. The van der Waals surface area contributed by atoms with E-state index in [1.165, 1.54) is 19.3 Å². The summed E-state index contributed by atoms with van der Waals surface area (Å²) in [5, 5.41) is 3.54. The molecule has 5 fully saturated rings. The summed E-state index contributed by atoms with van der Waals surface area (Å²) < 4.78 is 0. The molecule has 5 unspecified atom stereocenters. The molecule has 5 aliphatic rings. The number of likely N-dealkylation sites (tertiary alicyclic amines) is 1. The van der Waals surface area contributed by atoms with Crippen molar-refractivity contribution in [3.63, 3.8) is 0 Å². The third kappa shape index (κ3) is 1.38. The first-order valence-electron chi connectivity index (χ1n) is 7.86. The van der Waals surface area contributed by atoms with Crippen molar-refractivity contribution in [1.82, 2.24) is 10.2 Å². The molecule has 1 saturated heterocycles. The van der Waals surface area contributed by atoms with Gasteiger partial charge in [-0.1, -0.05) is 0 Å². The van der Waals surface area contributed by atoms with E-state index in [2.05, 4.69) is 5.32 Å². The Labute approximate surface area is 112 Å². The molecule has 0 aromatic heterocycles. The Morgan fingerprint density at radius 3 is 2.32 bits per heavy atom. The summed E-state index contributed by atoms with van der Waals surface area (Å²) in [6, 6.07) is 0.580. The van der Waals surface area contributed by atoms with Gasteiger partial charge in [0, 0.05) is 12.1 Å². The highest BCUT2D eigenvalue weighted by molar-refractivity contribution is 6.06. The van der Waals surface area contributed by atoms with Crippen LogP contribution in [0, 0.1) is 23.7 Å². The second-order valence-electron chi connectivity index (χ2n) is 7.27. The monoisotopic (exact) mass is 260 g/mol. The molecule has 1 aliphatic heterocycles. The Hall–Kier alpha value is -0.900. The van der Waals surface area contributed by atoms with Crippen molar-refractivity contribution in [3.05, 3.63) is 0 Å². The van der Waals surface area contributed by atoms with Gasteiger partial charge in [0.1, 0.15) is 0 Å². The zero-order valence-electron chi connectivity index (χ0n) is 11.0. The van der Waals surface area contributed by atoms with Crippen LogP contribution in [0.1, 0.15) is 38.5 Å². The van der Waals surface area contributed by atoms with Gasteiger partial charge < -0.3 is 5.32 Å². The number of fused-ring (bicyclic) bond motifs is 5. The maximum atomic E-state index is 12.3. The zero-order valence-corrected chi connectivity index (χ0v) is 11.0. The quantitative estimate of drug-likeness (QED) is 0.767. The molecule has 1 N–H and O–H groups in total. The Bertz CT molecular complexity index is 457. The summed E-state index contributed by atoms with van der Waals surface area (Å²) in [5.41, 5.74) is 0. The van der Waals surface area contributed by atoms with E-state index in [1.54, 1.807) is 4.90 Å². The molecular weight excluding hydrogens is 240 g/mol. The SMILES string of the molecule is O=C1CC(NC2C3C4CCC(C4)C23)C(=O)N1C1CC1. The number of imide groups is 1. The molecule has 2 bridgehead atoms. The van der Waals surface area contributed by atoms with Gasteiger partial charge in [0.05, 0.1) is 12.5 Å². The van der Waals surface area contributed by atoms with Crippen molar-refractivity contribution in [1.29, 1.82) is 0 Å². The average molecular weight is 260 g/mol. The van der Waals surface area contributed by atoms with Crippen LogP contribution in [0.4, 0.5) is 0 Å². The van der Waals surface area contributed by atoms with Crippen molar-refractivity contribution < 1.29 is 9.59 Å². The summed E-state index contributed by atoms with van der Waals surface area (Å²) in [6.45, 7) is 0. The van der Waals surface area contributed by atoms with Crippen LogP contribution < -0.4 is 5.32 Å². The van der Waals surface area contributed by atoms with Crippen LogP contribution in [0.15, 0.2) is 0 Å². The highest BCUT2D eigenvalue weighted by Crippen LogP contribution is 2.65. The molecule has 4 aliphatic carbocycles. The first kappa shape index (κ1) is 10.8. The zero-order chi connectivity index (χ0) is 12.7. The summed E-state index contributed by atoms with van der Waals surface area (Å²) in [7, 11) is 0. The fourth-order valence-electron chi connectivity index (χ4n) is 5.28. The normalized spacial score (nSPS) is 51.1. The summed E-state index contributed by atoms with van der Waals surface area (Å²) in [5.74, 6) is 3.61. The van der Waals surface area contributed by atoms with Crippen LogP contribution in [-0.2, 0) is 9.59 Å². The smallest absolute Gasteiger partial charge is 0.247 e. The molecule has 19 heavy (non-hydrogen) atoms. The fourth-order valence-corrected chi connectivity index (χ4v) is 5.28. The van der Waals surface area contributed by atoms with Crippen LogP contribution >= 0.6 is 0 Å². The molecule has 0 aromatic carbocycles. The van der Waals surface area contributed by atoms with Gasteiger partial charge in [0.25, 0.3) is 0 Å². The highest BCUT2D eigenvalue weighted by Gasteiger charge is 2.65. The third-order valence-corrected chi connectivity index (χ3v) is 6.22. The second-order valence-corrected chi connectivity index (χ2v) is 7.27. The van der Waals surface area contributed by atoms with Gasteiger partial charge >= 0.3 is 0 Å². The van der Waals surface area contributed by atoms with E-state index in [-0.39, 0.29) is 23.9 Å². The molecule has 5 rings (SSSR count). The largest absolute Gasteiger partial charge is 0.302 e. The van der Waals surface area contributed by atoms with Gasteiger partial charge in [0.2, 0.25) is 11.8 Å². The lowest BCUT2D eigenvalue weighted by atomic mass is 10.0. The Balaban J connectivity index is 1.29. The van der Waals surface area contributed by atoms with E-state index >= 15 is 0 Å². The molecule has 4 nitrogen and oxygen atoms in total. The summed E-state index contributed by atoms with van der Waals surface area (Å²) >= 11 is 0. The van der Waals surface area contributed by atoms with Gasteiger partial charge in [-0.15, -0.1) is 0 Å². The van der Waals surface area contributed by atoms with Crippen molar-refractivity contribution in [2.75, 3.05) is 0 Å². The van der Waals surface area contributed by atoms with E-state index in [1.807, 2.05) is 0 Å². The van der Waals surface area contributed by atoms with Gasteiger partial charge in [-0.25, -0.2) is 0 Å². The molecule has 1 heterocycles. The maximum absolute atomic E-state index is 12.3. The predicted molar refractivity (Wildman–Crippen MR) is 68.0 cm³/mol. The molecular formula is C15H20N2O2. The number of hydrogen-bond acceptors (Lipinski definition) is 3. The van der Waals surface area contributed by atoms with Crippen molar-refractivity contribution in [3.8, 4) is 0 Å². The lowest BCUT2D eigenvalue weighted by Crippen LogP contribution is -2.42. The minimum Gasteiger partial charge on any atom is -0.302 e. The van der Waals surface area contributed by atoms with Crippen LogP contribution in [0.2, 0.25) is 0 Å². The Morgan fingerprint density at radius 1 is 1.00 bits per heavy atom. The van der Waals surface area contributed by atoms with Crippen molar-refractivity contribution >= 4 is 11.8 Å². The van der Waals surface area contributed by atoms with Crippen LogP contribution in [0.5, 0.6) is 0 Å². The van der Waals surface area contributed by atoms with E-state index in [9.17, 15) is 9.59 Å². The van der Waals surface area contributed by atoms with E-state index in [4.69, 9.17) is 0 Å². The fraction of sp³-hybridized carbons (Fsp3) is 0.867. The number of nitrogens with one attached hydrogen (secondary N) is 1. The molecule has 0 radical (unpaired) electrons. The summed E-state index contributed by atoms with van der Waals surface area (Å²) in [4.78, 5) is 25.8. The van der Waals surface area contributed by atoms with Gasteiger partial charge in [0.15, 0.2) is 0 Å². The number of rotatable bonds is 3.